The molecule has 3 rings (SSSR count). The molecule has 4 atom stereocenters. The molecule has 1 aromatic carbocycles. The van der Waals surface area contributed by atoms with Crippen LogP contribution in [0.5, 0.6) is 5.75 Å². The summed E-state index contributed by atoms with van der Waals surface area (Å²) in [5, 5.41) is 9.16. The molecule has 1 aromatic rings. The minimum atomic E-state index is -1.16. The third kappa shape index (κ3) is 3.49. The lowest BCUT2D eigenvalue weighted by Gasteiger charge is -2.24. The topological polar surface area (TPSA) is 98.9 Å². The van der Waals surface area contributed by atoms with Crippen LogP contribution in [0.3, 0.4) is 0 Å². The Hall–Kier alpha value is -2.08. The van der Waals surface area contributed by atoms with Gasteiger partial charge in [0.15, 0.2) is 0 Å². The molecule has 25 heavy (non-hydrogen) atoms. The minimum absolute atomic E-state index is 0.0228. The Morgan fingerprint density at radius 1 is 1.32 bits per heavy atom. The van der Waals surface area contributed by atoms with Crippen LogP contribution >= 0.6 is 0 Å². The van der Waals surface area contributed by atoms with Gasteiger partial charge in [-0.1, -0.05) is 25.5 Å². The fraction of sp³-hybridized carbons (Fsp3) is 0.579. The highest BCUT2D eigenvalue weighted by atomic mass is 16.5. The fourth-order valence-corrected chi connectivity index (χ4v) is 3.88. The Labute approximate surface area is 147 Å². The van der Waals surface area contributed by atoms with Crippen molar-refractivity contribution in [1.82, 2.24) is 0 Å². The smallest absolute Gasteiger partial charge is 0.326 e. The first-order valence-corrected chi connectivity index (χ1v) is 8.88. The van der Waals surface area contributed by atoms with E-state index >= 15 is 0 Å². The number of aliphatic carboxylic acids is 1. The van der Waals surface area contributed by atoms with Gasteiger partial charge in [0.2, 0.25) is 0 Å². The largest absolute Gasteiger partial charge is 0.494 e. The average molecular weight is 347 g/mol. The number of ether oxygens (including phenoxy) is 2. The molecule has 0 bridgehead atoms. The molecular formula is C19H25NO5. The van der Waals surface area contributed by atoms with Crippen LogP contribution in [0.1, 0.15) is 38.2 Å². The molecule has 0 aromatic heterocycles. The first kappa shape index (κ1) is 17.7. The lowest BCUT2D eigenvalue weighted by atomic mass is 9.91. The molecule has 2 fully saturated rings. The van der Waals surface area contributed by atoms with E-state index in [1.165, 1.54) is 0 Å². The third-order valence-electron chi connectivity index (χ3n) is 5.38. The second-order valence-corrected chi connectivity index (χ2v) is 7.05. The van der Waals surface area contributed by atoms with Crippen LogP contribution in [-0.4, -0.2) is 29.2 Å². The monoisotopic (exact) mass is 347 g/mol. The van der Waals surface area contributed by atoms with E-state index in [0.717, 1.165) is 24.2 Å². The Morgan fingerprint density at radius 3 is 2.64 bits per heavy atom. The van der Waals surface area contributed by atoms with Gasteiger partial charge in [0, 0.05) is 5.92 Å². The molecule has 0 heterocycles. The SMILES string of the molecule is CCCCOc1ccc(COC(=O)C2(N)CCC3C(C(=O)O)C32)cc1. The van der Waals surface area contributed by atoms with Crippen LogP contribution in [0, 0.1) is 17.8 Å². The summed E-state index contributed by atoms with van der Waals surface area (Å²) >= 11 is 0. The Kier molecular flexibility index (Phi) is 4.99. The summed E-state index contributed by atoms with van der Waals surface area (Å²) in [7, 11) is 0. The molecule has 6 heteroatoms. The van der Waals surface area contributed by atoms with Gasteiger partial charge in [0.1, 0.15) is 17.9 Å². The van der Waals surface area contributed by atoms with Crippen LogP contribution in [0.25, 0.3) is 0 Å². The maximum Gasteiger partial charge on any atom is 0.326 e. The number of nitrogens with two attached hydrogens (primary N) is 1. The summed E-state index contributed by atoms with van der Waals surface area (Å²) in [5.74, 6) is -1.32. The lowest BCUT2D eigenvalue weighted by molar-refractivity contribution is -0.152. The number of rotatable bonds is 8. The molecule has 0 aliphatic heterocycles. The number of fused-ring (bicyclic) bond motifs is 1. The second-order valence-electron chi connectivity index (χ2n) is 7.05. The van der Waals surface area contributed by atoms with Gasteiger partial charge in [0.25, 0.3) is 0 Å². The van der Waals surface area contributed by atoms with E-state index in [1.807, 2.05) is 24.3 Å². The number of hydrogen-bond donors (Lipinski definition) is 2. The summed E-state index contributed by atoms with van der Waals surface area (Å²) in [6.45, 7) is 2.92. The van der Waals surface area contributed by atoms with Gasteiger partial charge in [-0.05, 0) is 42.9 Å². The maximum absolute atomic E-state index is 12.4. The van der Waals surface area contributed by atoms with Crippen molar-refractivity contribution < 1.29 is 24.2 Å². The number of hydrogen-bond acceptors (Lipinski definition) is 5. The van der Waals surface area contributed by atoms with E-state index in [1.54, 1.807) is 0 Å². The fourth-order valence-electron chi connectivity index (χ4n) is 3.88. The van der Waals surface area contributed by atoms with E-state index in [-0.39, 0.29) is 18.4 Å². The normalized spacial score (nSPS) is 29.8. The highest BCUT2D eigenvalue weighted by Gasteiger charge is 2.70. The first-order valence-electron chi connectivity index (χ1n) is 8.88. The highest BCUT2D eigenvalue weighted by Crippen LogP contribution is 2.61. The third-order valence-corrected chi connectivity index (χ3v) is 5.38. The van der Waals surface area contributed by atoms with Crippen molar-refractivity contribution in [2.24, 2.45) is 23.5 Å². The zero-order valence-corrected chi connectivity index (χ0v) is 14.4. The molecule has 3 N–H and O–H groups in total. The Morgan fingerprint density at radius 2 is 2.04 bits per heavy atom. The Bertz CT molecular complexity index is 644. The summed E-state index contributed by atoms with van der Waals surface area (Å²) in [5.41, 5.74) is 5.91. The zero-order valence-electron chi connectivity index (χ0n) is 14.4. The van der Waals surface area contributed by atoms with Gasteiger partial charge in [-0.25, -0.2) is 0 Å². The van der Waals surface area contributed by atoms with Crippen molar-refractivity contribution in [3.05, 3.63) is 29.8 Å². The van der Waals surface area contributed by atoms with E-state index in [4.69, 9.17) is 20.3 Å². The lowest BCUT2D eigenvalue weighted by Crippen LogP contribution is -2.50. The molecule has 2 aliphatic rings. The van der Waals surface area contributed by atoms with Gasteiger partial charge in [0.05, 0.1) is 12.5 Å². The van der Waals surface area contributed by atoms with Crippen molar-refractivity contribution in [2.45, 2.75) is 44.8 Å². The molecule has 4 unspecified atom stereocenters. The Balaban J connectivity index is 1.52. The van der Waals surface area contributed by atoms with E-state index in [9.17, 15) is 9.59 Å². The molecular weight excluding hydrogens is 322 g/mol. The predicted octanol–water partition coefficient (Wildman–Crippen LogP) is 2.35. The number of carbonyl (C=O) groups is 2. The van der Waals surface area contributed by atoms with E-state index < -0.39 is 23.4 Å². The summed E-state index contributed by atoms with van der Waals surface area (Å²) in [6, 6.07) is 7.41. The van der Waals surface area contributed by atoms with Crippen LogP contribution < -0.4 is 10.5 Å². The van der Waals surface area contributed by atoms with Gasteiger partial charge < -0.3 is 20.3 Å². The van der Waals surface area contributed by atoms with E-state index in [2.05, 4.69) is 6.92 Å². The number of carbonyl (C=O) groups excluding carboxylic acids is 1. The first-order chi connectivity index (χ1) is 12.0. The van der Waals surface area contributed by atoms with Crippen molar-refractivity contribution >= 4 is 11.9 Å². The molecule has 0 amide bonds. The minimum Gasteiger partial charge on any atom is -0.494 e. The van der Waals surface area contributed by atoms with Crippen molar-refractivity contribution in [1.29, 1.82) is 0 Å². The van der Waals surface area contributed by atoms with Gasteiger partial charge in [-0.15, -0.1) is 0 Å². The maximum atomic E-state index is 12.4. The van der Waals surface area contributed by atoms with Crippen molar-refractivity contribution in [3.63, 3.8) is 0 Å². The molecule has 2 aliphatic carbocycles. The summed E-state index contributed by atoms with van der Waals surface area (Å²) in [6.07, 6.45) is 3.27. The van der Waals surface area contributed by atoms with Crippen LogP contribution in [-0.2, 0) is 20.9 Å². The predicted molar refractivity (Wildman–Crippen MR) is 90.9 cm³/mol. The molecule has 6 nitrogen and oxygen atoms in total. The molecule has 0 spiro atoms. The summed E-state index contributed by atoms with van der Waals surface area (Å²) < 4.78 is 11.0. The van der Waals surface area contributed by atoms with Gasteiger partial charge in [-0.3, -0.25) is 9.59 Å². The van der Waals surface area contributed by atoms with Gasteiger partial charge >= 0.3 is 11.9 Å². The van der Waals surface area contributed by atoms with Crippen molar-refractivity contribution in [2.75, 3.05) is 6.61 Å². The summed E-state index contributed by atoms with van der Waals surface area (Å²) in [4.78, 5) is 23.6. The standard InChI is InChI=1S/C19H25NO5/c1-2-3-10-24-13-6-4-12(5-7-13)11-25-18(23)19(20)9-8-14-15(16(14)19)17(21)22/h4-7,14-16H,2-3,8-11,20H2,1H3,(H,21,22). The van der Waals surface area contributed by atoms with Crippen LogP contribution in [0.4, 0.5) is 0 Å². The number of esters is 1. The molecule has 136 valence electrons. The molecule has 0 saturated heterocycles. The highest BCUT2D eigenvalue weighted by molar-refractivity contribution is 5.86. The number of carboxylic acids is 1. The van der Waals surface area contributed by atoms with Crippen LogP contribution in [0.2, 0.25) is 0 Å². The second kappa shape index (κ2) is 7.04. The number of benzene rings is 1. The van der Waals surface area contributed by atoms with Crippen molar-refractivity contribution in [3.8, 4) is 5.75 Å². The van der Waals surface area contributed by atoms with Crippen LogP contribution in [0.15, 0.2) is 24.3 Å². The van der Waals surface area contributed by atoms with Gasteiger partial charge in [-0.2, -0.15) is 0 Å². The quantitative estimate of drug-likeness (QED) is 0.553. The zero-order chi connectivity index (χ0) is 18.0. The average Bonchev–Trinajstić information content (AvgIpc) is 3.25. The molecule has 0 radical (unpaired) electrons. The number of unbranched alkanes of at least 4 members (excludes halogenated alkanes) is 1. The number of carboxylic acid groups (broad SMARTS) is 1. The van der Waals surface area contributed by atoms with E-state index in [0.29, 0.717) is 19.4 Å². The molecule has 2 saturated carbocycles.